The number of methoxy groups -OCH3 is 2. The van der Waals surface area contributed by atoms with Gasteiger partial charge in [0.1, 0.15) is 29.3 Å². The number of anilines is 1. The number of pyridine rings is 1. The molecule has 0 bridgehead atoms. The van der Waals surface area contributed by atoms with Crippen molar-refractivity contribution in [1.82, 2.24) is 24.6 Å². The number of ether oxygens (including phenoxy) is 3. The zero-order valence-corrected chi connectivity index (χ0v) is 30.0. The first-order valence-corrected chi connectivity index (χ1v) is 17.2. The van der Waals surface area contributed by atoms with Gasteiger partial charge in [-0.25, -0.2) is 14.3 Å². The second-order valence-electron chi connectivity index (χ2n) is 11.8. The molecule has 0 saturated carbocycles. The highest BCUT2D eigenvalue weighted by molar-refractivity contribution is 7.05. The quantitative estimate of drug-likeness (QED) is 0.108. The number of aryl methyl sites for hydroxylation is 1. The van der Waals surface area contributed by atoms with Gasteiger partial charge in [-0.2, -0.15) is 13.2 Å². The maximum absolute atomic E-state index is 14.9. The van der Waals surface area contributed by atoms with Gasteiger partial charge in [0, 0.05) is 42.8 Å². The largest absolute Gasteiger partial charge is 0.497 e. The molecule has 6 aromatic rings. The van der Waals surface area contributed by atoms with Crippen molar-refractivity contribution in [2.75, 3.05) is 32.3 Å². The number of alkyl halides is 3. The van der Waals surface area contributed by atoms with E-state index in [1.807, 2.05) is 59.5 Å². The topological polar surface area (TPSA) is 114 Å². The van der Waals surface area contributed by atoms with Gasteiger partial charge in [0.2, 0.25) is 0 Å². The van der Waals surface area contributed by atoms with Crippen molar-refractivity contribution in [1.29, 1.82) is 0 Å². The van der Waals surface area contributed by atoms with Gasteiger partial charge in [0.15, 0.2) is 5.75 Å². The van der Waals surface area contributed by atoms with Crippen LogP contribution in [0.1, 0.15) is 27.1 Å². The van der Waals surface area contributed by atoms with Gasteiger partial charge < -0.3 is 29.4 Å². The van der Waals surface area contributed by atoms with E-state index in [4.69, 9.17) is 25.8 Å². The molecule has 0 aliphatic rings. The van der Waals surface area contributed by atoms with Gasteiger partial charge in [-0.15, -0.1) is 0 Å². The number of aromatic nitrogens is 4. The van der Waals surface area contributed by atoms with E-state index < -0.39 is 23.0 Å². The molecule has 10 nitrogen and oxygen atoms in total. The average Bonchev–Trinajstić information content (AvgIpc) is 3.65. The van der Waals surface area contributed by atoms with E-state index in [0.29, 0.717) is 37.7 Å². The maximum atomic E-state index is 14.9. The van der Waals surface area contributed by atoms with Crippen molar-refractivity contribution >= 4 is 39.9 Å². The third-order valence-electron chi connectivity index (χ3n) is 8.27. The molecular weight excluding hydrogens is 717 g/mol. The minimum absolute atomic E-state index is 0.0146. The lowest BCUT2D eigenvalue weighted by atomic mass is 9.99. The number of nitrogens with zero attached hydrogens (tertiary/aromatic N) is 4. The summed E-state index contributed by atoms with van der Waals surface area (Å²) < 4.78 is 65.6. The van der Waals surface area contributed by atoms with Crippen molar-refractivity contribution in [3.05, 3.63) is 122 Å². The Balaban J connectivity index is 1.45. The van der Waals surface area contributed by atoms with Crippen LogP contribution in [0.25, 0.3) is 22.2 Å². The molecule has 270 valence electrons. The Labute approximate surface area is 306 Å². The van der Waals surface area contributed by atoms with Gasteiger partial charge >= 0.3 is 6.18 Å². The summed E-state index contributed by atoms with van der Waals surface area (Å²) in [5, 5.41) is 3.04. The van der Waals surface area contributed by atoms with Crippen molar-refractivity contribution in [3.8, 4) is 28.5 Å². The molecule has 0 saturated heterocycles. The number of H-pyrrole nitrogens is 1. The van der Waals surface area contributed by atoms with Gasteiger partial charge in [-0.1, -0.05) is 35.9 Å². The van der Waals surface area contributed by atoms with Crippen LogP contribution < -0.4 is 30.0 Å². The Bertz CT molecular complexity index is 2150. The van der Waals surface area contributed by atoms with Crippen LogP contribution in [0.2, 0.25) is 5.02 Å². The number of rotatable bonds is 14. The lowest BCUT2D eigenvalue weighted by Gasteiger charge is -2.27. The number of aromatic amines is 1. The molecule has 0 amide bonds. The Morgan fingerprint density at radius 1 is 0.962 bits per heavy atom. The summed E-state index contributed by atoms with van der Waals surface area (Å²) in [5.74, 6) is 1.53. The number of hydrogen-bond donors (Lipinski definition) is 2. The molecule has 0 spiro atoms. The van der Waals surface area contributed by atoms with Crippen LogP contribution in [-0.4, -0.2) is 46.7 Å². The van der Waals surface area contributed by atoms with Crippen LogP contribution in [-0.2, 0) is 25.8 Å². The van der Waals surface area contributed by atoms with E-state index in [-0.39, 0.29) is 45.2 Å². The molecule has 15 heteroatoms. The zero-order valence-electron chi connectivity index (χ0n) is 28.4. The lowest BCUT2D eigenvalue weighted by molar-refractivity contribution is -0.137. The van der Waals surface area contributed by atoms with Crippen molar-refractivity contribution in [2.24, 2.45) is 0 Å². The number of halogens is 4. The predicted molar refractivity (Wildman–Crippen MR) is 196 cm³/mol. The molecule has 0 unspecified atom stereocenters. The number of nitrogens with one attached hydrogen (secondary N) is 2. The summed E-state index contributed by atoms with van der Waals surface area (Å²) in [6.07, 6.45) is -1.93. The van der Waals surface area contributed by atoms with E-state index in [1.165, 1.54) is 36.9 Å². The zero-order chi connectivity index (χ0) is 36.8. The van der Waals surface area contributed by atoms with E-state index in [0.717, 1.165) is 16.0 Å². The van der Waals surface area contributed by atoms with Crippen LogP contribution >= 0.6 is 23.1 Å². The van der Waals surface area contributed by atoms with E-state index in [9.17, 15) is 18.0 Å². The Kier molecular flexibility index (Phi) is 11.3. The second kappa shape index (κ2) is 16.0. The highest BCUT2D eigenvalue weighted by Gasteiger charge is 2.38. The summed E-state index contributed by atoms with van der Waals surface area (Å²) in [4.78, 5) is 27.4. The Morgan fingerprint density at radius 2 is 1.62 bits per heavy atom. The first kappa shape index (κ1) is 36.6. The molecule has 0 aliphatic heterocycles. The summed E-state index contributed by atoms with van der Waals surface area (Å²) >= 11 is 8.29. The maximum Gasteiger partial charge on any atom is 0.418 e. The highest BCUT2D eigenvalue weighted by Crippen LogP contribution is 2.46. The molecule has 3 heterocycles. The highest BCUT2D eigenvalue weighted by atomic mass is 35.5. The average molecular weight is 751 g/mol. The fourth-order valence-corrected chi connectivity index (χ4v) is 6.58. The minimum Gasteiger partial charge on any atom is -0.497 e. The van der Waals surface area contributed by atoms with Crippen LogP contribution in [0.15, 0.2) is 84.0 Å². The van der Waals surface area contributed by atoms with E-state index >= 15 is 0 Å². The van der Waals surface area contributed by atoms with Crippen molar-refractivity contribution in [2.45, 2.75) is 32.7 Å². The molecule has 0 atom stereocenters. The third kappa shape index (κ3) is 8.30. The first-order chi connectivity index (χ1) is 25.0. The monoisotopic (exact) mass is 750 g/mol. The molecule has 0 aliphatic carbocycles. The number of benzene rings is 3. The predicted octanol–water partition coefficient (Wildman–Crippen LogP) is 7.81. The molecule has 3 aromatic heterocycles. The molecule has 0 fully saturated rings. The fourth-order valence-electron chi connectivity index (χ4n) is 5.74. The lowest BCUT2D eigenvalue weighted by Crippen LogP contribution is -2.24. The van der Waals surface area contributed by atoms with Gasteiger partial charge in [-0.3, -0.25) is 4.79 Å². The smallest absolute Gasteiger partial charge is 0.418 e. The molecule has 52 heavy (non-hydrogen) atoms. The standard InChI is InChI=1S/C37H34ClF3N6O4S/c1-22-16-30(47(19-23-4-8-25(49-2)9-5-23)20-24-6-10-26(50-3)11-7-24)46-34(32(22)37(39,40)41)28-17-29-31(36(48)44-21-43-29)35(33(28)38)51-15-14-42-18-27-12-13-45-52-27/h4-13,16-17,21,42H,14-15,18-20H2,1-3H3,(H,43,44,48). The third-order valence-corrected chi connectivity index (χ3v) is 9.39. The van der Waals surface area contributed by atoms with Gasteiger partial charge in [-0.05, 0) is 77.6 Å². The summed E-state index contributed by atoms with van der Waals surface area (Å²) in [7, 11) is 3.14. The van der Waals surface area contributed by atoms with Gasteiger partial charge in [0.05, 0.1) is 42.3 Å². The second-order valence-corrected chi connectivity index (χ2v) is 13.1. The SMILES string of the molecule is COc1ccc(CN(Cc2ccc(OC)cc2)c2cc(C)c(C(F)(F)F)c(-c3cc4nc[nH]c(=O)c4c(OCCNCc4ccns4)c3Cl)n2)cc1. The molecular formula is C37H34ClF3N6O4S. The molecule has 3 aromatic carbocycles. The Morgan fingerprint density at radius 3 is 2.19 bits per heavy atom. The van der Waals surface area contributed by atoms with E-state index in [2.05, 4.69) is 24.6 Å². The minimum atomic E-state index is -4.80. The summed E-state index contributed by atoms with van der Waals surface area (Å²) in [6, 6.07) is 19.5. The fraction of sp³-hybridized carbons (Fsp3) is 0.243. The van der Waals surface area contributed by atoms with Crippen molar-refractivity contribution < 1.29 is 27.4 Å². The summed E-state index contributed by atoms with van der Waals surface area (Å²) in [6.45, 7) is 2.95. The van der Waals surface area contributed by atoms with Crippen LogP contribution in [0.5, 0.6) is 17.2 Å². The van der Waals surface area contributed by atoms with Crippen LogP contribution in [0, 0.1) is 6.92 Å². The molecule has 6 rings (SSSR count). The van der Waals surface area contributed by atoms with Crippen molar-refractivity contribution in [3.63, 3.8) is 0 Å². The first-order valence-electron chi connectivity index (χ1n) is 16.1. The molecule has 0 radical (unpaired) electrons. The van der Waals surface area contributed by atoms with Crippen LogP contribution in [0.3, 0.4) is 0 Å². The molecule has 2 N–H and O–H groups in total. The Hall–Kier alpha value is -5.18. The van der Waals surface area contributed by atoms with Crippen LogP contribution in [0.4, 0.5) is 19.0 Å². The van der Waals surface area contributed by atoms with E-state index in [1.54, 1.807) is 20.4 Å². The summed E-state index contributed by atoms with van der Waals surface area (Å²) in [5.41, 5.74) is -0.221. The normalized spacial score (nSPS) is 11.5. The van der Waals surface area contributed by atoms with Gasteiger partial charge in [0.25, 0.3) is 5.56 Å². The number of fused-ring (bicyclic) bond motifs is 1. The number of hydrogen-bond acceptors (Lipinski definition) is 10.